The molecule has 7 heteroatoms. The molecule has 0 bridgehead atoms. The van der Waals surface area contributed by atoms with E-state index in [1.807, 2.05) is 17.1 Å². The van der Waals surface area contributed by atoms with Crippen LogP contribution in [0.1, 0.15) is 72.7 Å². The quantitative estimate of drug-likeness (QED) is 0.655. The Bertz CT molecular complexity index is 884. The summed E-state index contributed by atoms with van der Waals surface area (Å²) in [6.07, 6.45) is 11.7. The summed E-state index contributed by atoms with van der Waals surface area (Å²) in [6, 6.07) is 0. The van der Waals surface area contributed by atoms with E-state index < -0.39 is 17.8 Å². The van der Waals surface area contributed by atoms with Crippen LogP contribution in [0.15, 0.2) is 12.2 Å². The van der Waals surface area contributed by atoms with Gasteiger partial charge in [0.15, 0.2) is 0 Å². The van der Waals surface area contributed by atoms with E-state index in [9.17, 15) is 19.5 Å². The highest BCUT2D eigenvalue weighted by atomic mass is 32.1. The Morgan fingerprint density at radius 1 is 1.13 bits per heavy atom. The summed E-state index contributed by atoms with van der Waals surface area (Å²) in [6.45, 7) is 3.74. The maximum Gasteiger partial charge on any atom is 0.307 e. The van der Waals surface area contributed by atoms with Crippen LogP contribution < -0.4 is 5.32 Å². The van der Waals surface area contributed by atoms with Gasteiger partial charge in [-0.25, -0.2) is 0 Å². The monoisotopic (exact) mass is 444 g/mol. The molecule has 1 aromatic rings. The highest BCUT2D eigenvalue weighted by Crippen LogP contribution is 2.42. The Labute approximate surface area is 187 Å². The van der Waals surface area contributed by atoms with Crippen molar-refractivity contribution in [2.45, 2.75) is 64.7 Å². The Hall–Kier alpha value is -2.15. The van der Waals surface area contributed by atoms with E-state index in [1.165, 1.54) is 16.2 Å². The van der Waals surface area contributed by atoms with E-state index in [0.29, 0.717) is 29.3 Å². The Kier molecular flexibility index (Phi) is 6.80. The molecule has 1 fully saturated rings. The number of carbonyl (C=O) groups is 3. The molecule has 0 aromatic carbocycles. The van der Waals surface area contributed by atoms with E-state index in [4.69, 9.17) is 0 Å². The van der Waals surface area contributed by atoms with E-state index in [2.05, 4.69) is 12.2 Å². The second-order valence-corrected chi connectivity index (χ2v) is 10.2. The molecular weight excluding hydrogens is 412 g/mol. The SMILES string of the molecule is CC[C@@H]1CCc2c(sc(NC(=O)[C@H]3CC=CC[C@@H]3C(=O)O)c2C(=O)N2CCCCC2)C1. The molecule has 0 radical (unpaired) electrons. The predicted octanol–water partition coefficient (Wildman–Crippen LogP) is 4.49. The highest BCUT2D eigenvalue weighted by molar-refractivity contribution is 7.17. The summed E-state index contributed by atoms with van der Waals surface area (Å²) in [4.78, 5) is 41.5. The van der Waals surface area contributed by atoms with Gasteiger partial charge in [-0.05, 0) is 62.8 Å². The zero-order valence-electron chi connectivity index (χ0n) is 18.2. The smallest absolute Gasteiger partial charge is 0.307 e. The van der Waals surface area contributed by atoms with E-state index in [0.717, 1.165) is 63.6 Å². The molecule has 2 amide bonds. The third-order valence-electron chi connectivity index (χ3n) is 7.12. The molecule has 0 saturated carbocycles. The zero-order valence-corrected chi connectivity index (χ0v) is 19.0. The van der Waals surface area contributed by atoms with Gasteiger partial charge in [0.25, 0.3) is 5.91 Å². The van der Waals surface area contributed by atoms with E-state index in [1.54, 1.807) is 0 Å². The van der Waals surface area contributed by atoms with Crippen LogP contribution in [0.5, 0.6) is 0 Å². The number of hydrogen-bond donors (Lipinski definition) is 2. The molecule has 0 spiro atoms. The predicted molar refractivity (Wildman–Crippen MR) is 121 cm³/mol. The van der Waals surface area contributed by atoms with Gasteiger partial charge in [0.1, 0.15) is 5.00 Å². The molecule has 3 atom stereocenters. The number of carboxylic acid groups (broad SMARTS) is 1. The van der Waals surface area contributed by atoms with Crippen molar-refractivity contribution < 1.29 is 19.5 Å². The number of hydrogen-bond acceptors (Lipinski definition) is 4. The number of allylic oxidation sites excluding steroid dienone is 2. The lowest BCUT2D eigenvalue weighted by atomic mass is 9.82. The van der Waals surface area contributed by atoms with Crippen molar-refractivity contribution in [2.24, 2.45) is 17.8 Å². The number of nitrogens with zero attached hydrogens (tertiary/aromatic N) is 1. The molecule has 168 valence electrons. The molecule has 3 aliphatic rings. The summed E-state index contributed by atoms with van der Waals surface area (Å²) in [5.41, 5.74) is 1.78. The van der Waals surface area contributed by atoms with Gasteiger partial charge in [-0.15, -0.1) is 11.3 Å². The summed E-state index contributed by atoms with van der Waals surface area (Å²) < 4.78 is 0. The van der Waals surface area contributed by atoms with Crippen molar-refractivity contribution >= 4 is 34.1 Å². The average molecular weight is 445 g/mol. The first kappa shape index (κ1) is 22.1. The number of thiophene rings is 1. The maximum absolute atomic E-state index is 13.5. The van der Waals surface area contributed by atoms with Gasteiger partial charge in [-0.1, -0.05) is 25.5 Å². The fourth-order valence-electron chi connectivity index (χ4n) is 5.15. The fraction of sp³-hybridized carbons (Fsp3) is 0.625. The normalized spacial score (nSPS) is 25.7. The topological polar surface area (TPSA) is 86.7 Å². The summed E-state index contributed by atoms with van der Waals surface area (Å²) in [5, 5.41) is 13.2. The van der Waals surface area contributed by atoms with Crippen LogP contribution in [-0.4, -0.2) is 40.9 Å². The van der Waals surface area contributed by atoms with Crippen LogP contribution in [0.2, 0.25) is 0 Å². The van der Waals surface area contributed by atoms with Crippen LogP contribution in [0.4, 0.5) is 5.00 Å². The van der Waals surface area contributed by atoms with Crippen molar-refractivity contribution in [2.75, 3.05) is 18.4 Å². The van der Waals surface area contributed by atoms with Gasteiger partial charge in [0, 0.05) is 18.0 Å². The van der Waals surface area contributed by atoms with Crippen LogP contribution in [-0.2, 0) is 22.4 Å². The van der Waals surface area contributed by atoms with Gasteiger partial charge in [0.05, 0.1) is 17.4 Å². The molecule has 31 heavy (non-hydrogen) atoms. The molecule has 2 N–H and O–H groups in total. The molecule has 6 nitrogen and oxygen atoms in total. The number of piperidine rings is 1. The van der Waals surface area contributed by atoms with Crippen LogP contribution in [0.3, 0.4) is 0 Å². The first-order valence-corrected chi connectivity index (χ1v) is 12.4. The first-order valence-electron chi connectivity index (χ1n) is 11.6. The third kappa shape index (κ3) is 4.56. The number of anilines is 1. The fourth-order valence-corrected chi connectivity index (χ4v) is 6.51. The van der Waals surface area contributed by atoms with Gasteiger partial charge in [-0.3, -0.25) is 14.4 Å². The molecule has 4 rings (SSSR count). The van der Waals surface area contributed by atoms with Crippen molar-refractivity contribution in [3.8, 4) is 0 Å². The Balaban J connectivity index is 1.63. The van der Waals surface area contributed by atoms with Crippen LogP contribution >= 0.6 is 11.3 Å². The molecule has 0 unspecified atom stereocenters. The maximum atomic E-state index is 13.5. The van der Waals surface area contributed by atoms with Gasteiger partial charge in [0.2, 0.25) is 5.91 Å². The van der Waals surface area contributed by atoms with E-state index in [-0.39, 0.29) is 11.8 Å². The van der Waals surface area contributed by atoms with Gasteiger partial charge < -0.3 is 15.3 Å². The van der Waals surface area contributed by atoms with E-state index >= 15 is 0 Å². The summed E-state index contributed by atoms with van der Waals surface area (Å²) in [5.74, 6) is -1.90. The number of nitrogens with one attached hydrogen (secondary N) is 1. The lowest BCUT2D eigenvalue weighted by molar-refractivity contribution is -0.146. The largest absolute Gasteiger partial charge is 0.481 e. The molecule has 1 aliphatic heterocycles. The third-order valence-corrected chi connectivity index (χ3v) is 8.29. The lowest BCUT2D eigenvalue weighted by Gasteiger charge is -2.28. The molecule has 1 saturated heterocycles. The molecule has 2 aliphatic carbocycles. The van der Waals surface area contributed by atoms with Crippen molar-refractivity contribution in [3.63, 3.8) is 0 Å². The van der Waals surface area contributed by atoms with Crippen LogP contribution in [0, 0.1) is 17.8 Å². The van der Waals surface area contributed by atoms with Crippen LogP contribution in [0.25, 0.3) is 0 Å². The summed E-state index contributed by atoms with van der Waals surface area (Å²) >= 11 is 1.53. The van der Waals surface area contributed by atoms with Crippen molar-refractivity contribution in [3.05, 3.63) is 28.2 Å². The molecule has 2 heterocycles. The number of carbonyl (C=O) groups excluding carboxylic acids is 2. The number of rotatable bonds is 5. The number of fused-ring (bicyclic) bond motifs is 1. The summed E-state index contributed by atoms with van der Waals surface area (Å²) in [7, 11) is 0. The second kappa shape index (κ2) is 9.55. The second-order valence-electron chi connectivity index (χ2n) is 9.06. The number of carboxylic acids is 1. The van der Waals surface area contributed by atoms with Gasteiger partial charge in [-0.2, -0.15) is 0 Å². The van der Waals surface area contributed by atoms with Crippen molar-refractivity contribution in [1.82, 2.24) is 4.90 Å². The molecular formula is C24H32N2O4S. The highest BCUT2D eigenvalue weighted by Gasteiger charge is 2.36. The Morgan fingerprint density at radius 3 is 2.52 bits per heavy atom. The average Bonchev–Trinajstić information content (AvgIpc) is 3.15. The minimum atomic E-state index is -0.939. The number of aliphatic carboxylic acids is 1. The zero-order chi connectivity index (χ0) is 22.0. The number of likely N-dealkylation sites (tertiary alicyclic amines) is 1. The molecule has 1 aromatic heterocycles. The first-order chi connectivity index (χ1) is 15.0. The number of amides is 2. The Morgan fingerprint density at radius 2 is 1.84 bits per heavy atom. The van der Waals surface area contributed by atoms with Gasteiger partial charge >= 0.3 is 5.97 Å². The van der Waals surface area contributed by atoms with Crippen molar-refractivity contribution in [1.29, 1.82) is 0 Å². The standard InChI is InChI=1S/C24H32N2O4S/c1-2-15-10-11-18-19(14-15)31-22(20(18)23(28)26-12-6-3-7-13-26)25-21(27)16-8-4-5-9-17(16)24(29)30/h4-5,15-17H,2-3,6-14H2,1H3,(H,25,27)(H,29,30)/t15-,16+,17+/m1/s1. The minimum Gasteiger partial charge on any atom is -0.481 e. The minimum absolute atomic E-state index is 0.0285. The lowest BCUT2D eigenvalue weighted by Crippen LogP contribution is -2.37.